The van der Waals surface area contributed by atoms with Gasteiger partial charge in [-0.15, -0.1) is 0 Å². The van der Waals surface area contributed by atoms with Crippen molar-refractivity contribution in [1.82, 2.24) is 0 Å². The second-order valence-corrected chi connectivity index (χ2v) is 2.67. The van der Waals surface area contributed by atoms with E-state index in [9.17, 15) is 0 Å². The molecule has 11 heavy (non-hydrogen) atoms. The highest BCUT2D eigenvalue weighted by atomic mass is 16.5. The quantitative estimate of drug-likeness (QED) is 0.283. The SMILES string of the molecule is CC(=N/C=N\N)OCC1CC1. The maximum Gasteiger partial charge on any atom is 0.186 e. The fraction of sp³-hybridized carbons (Fsp3) is 0.714. The topological polar surface area (TPSA) is 60.0 Å². The van der Waals surface area contributed by atoms with Gasteiger partial charge >= 0.3 is 0 Å². The van der Waals surface area contributed by atoms with E-state index in [1.54, 1.807) is 6.92 Å². The smallest absolute Gasteiger partial charge is 0.186 e. The first-order chi connectivity index (χ1) is 5.33. The number of aliphatic imine (C=N–C) groups is 1. The molecule has 1 aliphatic rings. The number of ether oxygens (including phenoxy) is 1. The Kier molecular flexibility index (Phi) is 2.89. The minimum Gasteiger partial charge on any atom is -0.481 e. The Morgan fingerprint density at radius 3 is 3.00 bits per heavy atom. The standard InChI is InChI=1S/C7H13N3O/c1-6(9-5-10-8)11-4-7-2-3-7/h5,7H,2-4,8H2,1H3/b9-6?,10-5-. The van der Waals surface area contributed by atoms with E-state index in [4.69, 9.17) is 10.6 Å². The molecular weight excluding hydrogens is 142 g/mol. The van der Waals surface area contributed by atoms with Gasteiger partial charge < -0.3 is 10.6 Å². The van der Waals surface area contributed by atoms with Crippen LogP contribution in [0, 0.1) is 5.92 Å². The highest BCUT2D eigenvalue weighted by Gasteiger charge is 2.21. The number of nitrogens with two attached hydrogens (primary N) is 1. The summed E-state index contributed by atoms with van der Waals surface area (Å²) in [6.45, 7) is 2.58. The predicted molar refractivity (Wildman–Crippen MR) is 44.5 cm³/mol. The molecule has 0 bridgehead atoms. The summed E-state index contributed by atoms with van der Waals surface area (Å²) in [7, 11) is 0. The van der Waals surface area contributed by atoms with E-state index in [2.05, 4.69) is 10.1 Å². The minimum atomic E-state index is 0.631. The Bertz CT molecular complexity index is 173. The second kappa shape index (κ2) is 3.95. The zero-order valence-corrected chi connectivity index (χ0v) is 6.66. The van der Waals surface area contributed by atoms with Gasteiger partial charge in [0.1, 0.15) is 6.34 Å². The second-order valence-electron chi connectivity index (χ2n) is 2.67. The molecule has 0 atom stereocenters. The molecule has 0 aromatic heterocycles. The van der Waals surface area contributed by atoms with Crippen molar-refractivity contribution in [2.45, 2.75) is 19.8 Å². The van der Waals surface area contributed by atoms with Gasteiger partial charge in [-0.1, -0.05) is 0 Å². The molecule has 1 aliphatic carbocycles. The Morgan fingerprint density at radius 1 is 1.73 bits per heavy atom. The van der Waals surface area contributed by atoms with E-state index in [1.165, 1.54) is 19.2 Å². The molecule has 0 aromatic carbocycles. The molecule has 2 N–H and O–H groups in total. The van der Waals surface area contributed by atoms with Gasteiger partial charge in [-0.25, -0.2) is 4.99 Å². The van der Waals surface area contributed by atoms with Crippen LogP contribution in [0.1, 0.15) is 19.8 Å². The zero-order valence-electron chi connectivity index (χ0n) is 6.66. The van der Waals surface area contributed by atoms with Gasteiger partial charge in [0.25, 0.3) is 0 Å². The molecule has 1 rings (SSSR count). The summed E-state index contributed by atoms with van der Waals surface area (Å²) in [5.41, 5.74) is 0. The van der Waals surface area contributed by atoms with Crippen LogP contribution in [0.25, 0.3) is 0 Å². The highest BCUT2D eigenvalue weighted by molar-refractivity contribution is 5.81. The minimum absolute atomic E-state index is 0.631. The summed E-state index contributed by atoms with van der Waals surface area (Å²) in [5, 5.41) is 3.23. The van der Waals surface area contributed by atoms with E-state index in [1.807, 2.05) is 0 Å². The summed E-state index contributed by atoms with van der Waals surface area (Å²) < 4.78 is 5.27. The molecule has 0 saturated heterocycles. The largest absolute Gasteiger partial charge is 0.481 e. The monoisotopic (exact) mass is 155 g/mol. The lowest BCUT2D eigenvalue weighted by Gasteiger charge is -2.00. The third-order valence-corrected chi connectivity index (χ3v) is 1.53. The Hall–Kier alpha value is -1.06. The van der Waals surface area contributed by atoms with Gasteiger partial charge in [0.15, 0.2) is 5.90 Å². The summed E-state index contributed by atoms with van der Waals surface area (Å²) in [6, 6.07) is 0. The van der Waals surface area contributed by atoms with Crippen molar-refractivity contribution in [3.63, 3.8) is 0 Å². The Morgan fingerprint density at radius 2 is 2.45 bits per heavy atom. The van der Waals surface area contributed by atoms with Crippen molar-refractivity contribution in [1.29, 1.82) is 0 Å². The average Bonchev–Trinajstić information content (AvgIpc) is 2.80. The fourth-order valence-electron chi connectivity index (χ4n) is 0.675. The van der Waals surface area contributed by atoms with Crippen LogP contribution >= 0.6 is 0 Å². The molecule has 0 aliphatic heterocycles. The van der Waals surface area contributed by atoms with Crippen molar-refractivity contribution >= 4 is 12.2 Å². The van der Waals surface area contributed by atoms with Crippen molar-refractivity contribution in [2.24, 2.45) is 21.9 Å². The molecule has 0 unspecified atom stereocenters. The molecule has 1 fully saturated rings. The van der Waals surface area contributed by atoms with Crippen LogP contribution in [0.4, 0.5) is 0 Å². The number of hydrogen-bond donors (Lipinski definition) is 1. The number of hydrazone groups is 1. The summed E-state index contributed by atoms with van der Waals surface area (Å²) in [5.74, 6) is 6.24. The van der Waals surface area contributed by atoms with E-state index < -0.39 is 0 Å². The van der Waals surface area contributed by atoms with E-state index in [0.717, 1.165) is 12.5 Å². The molecule has 1 saturated carbocycles. The third kappa shape index (κ3) is 3.60. The van der Waals surface area contributed by atoms with Gasteiger partial charge in [-0.2, -0.15) is 5.10 Å². The van der Waals surface area contributed by atoms with E-state index >= 15 is 0 Å². The summed E-state index contributed by atoms with van der Waals surface area (Å²) in [6.07, 6.45) is 3.86. The summed E-state index contributed by atoms with van der Waals surface area (Å²) in [4.78, 5) is 3.82. The average molecular weight is 155 g/mol. The first-order valence-electron chi connectivity index (χ1n) is 3.72. The molecular formula is C7H13N3O. The van der Waals surface area contributed by atoms with Crippen molar-refractivity contribution < 1.29 is 4.74 Å². The number of hydrogen-bond acceptors (Lipinski definition) is 3. The molecule has 62 valence electrons. The van der Waals surface area contributed by atoms with Crippen LogP contribution in [0.15, 0.2) is 10.1 Å². The maximum atomic E-state index is 5.27. The van der Waals surface area contributed by atoms with Gasteiger partial charge in [-0.05, 0) is 18.8 Å². The van der Waals surface area contributed by atoms with Gasteiger partial charge in [0.2, 0.25) is 0 Å². The lowest BCUT2D eigenvalue weighted by Crippen LogP contribution is -2.03. The van der Waals surface area contributed by atoms with Gasteiger partial charge in [-0.3, -0.25) is 0 Å². The van der Waals surface area contributed by atoms with E-state index in [-0.39, 0.29) is 0 Å². The first-order valence-corrected chi connectivity index (χ1v) is 3.72. The molecule has 0 spiro atoms. The summed E-state index contributed by atoms with van der Waals surface area (Å²) >= 11 is 0. The van der Waals surface area contributed by atoms with Gasteiger partial charge in [0.05, 0.1) is 6.61 Å². The molecule has 0 amide bonds. The molecule has 4 heteroatoms. The van der Waals surface area contributed by atoms with Crippen LogP contribution in [-0.2, 0) is 4.74 Å². The molecule has 0 aromatic rings. The van der Waals surface area contributed by atoms with Crippen LogP contribution in [0.3, 0.4) is 0 Å². The number of rotatable bonds is 3. The normalized spacial score (nSPS) is 19.2. The maximum absolute atomic E-state index is 5.27. The molecule has 4 nitrogen and oxygen atoms in total. The van der Waals surface area contributed by atoms with Crippen LogP contribution in [-0.4, -0.2) is 18.8 Å². The van der Waals surface area contributed by atoms with Crippen molar-refractivity contribution in [3.8, 4) is 0 Å². The van der Waals surface area contributed by atoms with Crippen LogP contribution in [0.2, 0.25) is 0 Å². The van der Waals surface area contributed by atoms with Gasteiger partial charge in [0, 0.05) is 6.92 Å². The van der Waals surface area contributed by atoms with Crippen molar-refractivity contribution in [3.05, 3.63) is 0 Å². The third-order valence-electron chi connectivity index (χ3n) is 1.53. The Balaban J connectivity index is 2.12. The highest BCUT2D eigenvalue weighted by Crippen LogP contribution is 2.28. The number of nitrogens with zero attached hydrogens (tertiary/aromatic N) is 2. The lowest BCUT2D eigenvalue weighted by molar-refractivity contribution is 0.285. The van der Waals surface area contributed by atoms with Crippen molar-refractivity contribution in [2.75, 3.05) is 6.61 Å². The predicted octanol–water partition coefficient (Wildman–Crippen LogP) is 0.733. The molecule has 0 heterocycles. The van der Waals surface area contributed by atoms with Crippen LogP contribution < -0.4 is 5.84 Å². The molecule has 0 radical (unpaired) electrons. The first kappa shape index (κ1) is 8.04. The lowest BCUT2D eigenvalue weighted by atomic mass is 10.5. The van der Waals surface area contributed by atoms with Crippen LogP contribution in [0.5, 0.6) is 0 Å². The Labute approximate surface area is 66.1 Å². The zero-order chi connectivity index (χ0) is 8.10. The van der Waals surface area contributed by atoms with E-state index in [0.29, 0.717) is 5.90 Å². The fourth-order valence-corrected chi connectivity index (χ4v) is 0.675.